The first-order valence-corrected chi connectivity index (χ1v) is 7.60. The molecule has 2 nitrogen and oxygen atoms in total. The Labute approximate surface area is 116 Å². The molecule has 1 saturated carbocycles. The molecule has 0 atom stereocenters. The second-order valence-corrected chi connectivity index (χ2v) is 6.26. The quantitative estimate of drug-likeness (QED) is 0.788. The van der Waals surface area contributed by atoms with E-state index in [1.807, 2.05) is 0 Å². The highest BCUT2D eigenvalue weighted by molar-refractivity contribution is 9.10. The minimum atomic E-state index is 0.444. The summed E-state index contributed by atoms with van der Waals surface area (Å²) in [6.07, 6.45) is 6.02. The lowest BCUT2D eigenvalue weighted by Gasteiger charge is -2.39. The number of carbonyl (C=O) groups is 1. The first kappa shape index (κ1) is 12.2. The minimum Gasteiger partial charge on any atom is -0.368 e. The van der Waals surface area contributed by atoms with Crippen molar-refractivity contribution >= 4 is 27.4 Å². The van der Waals surface area contributed by atoms with Crippen molar-refractivity contribution in [3.63, 3.8) is 0 Å². The number of carbonyl (C=O) groups excluding carboxylic acids is 1. The molecular formula is C15H18BrNO. The smallest absolute Gasteiger partial charge is 0.133 e. The van der Waals surface area contributed by atoms with E-state index >= 15 is 0 Å². The third-order valence-corrected chi connectivity index (χ3v) is 4.64. The molecule has 0 saturated heterocycles. The van der Waals surface area contributed by atoms with E-state index in [1.165, 1.54) is 28.6 Å². The summed E-state index contributed by atoms with van der Waals surface area (Å²) in [6.45, 7) is 1.15. The molecule has 96 valence electrons. The largest absolute Gasteiger partial charge is 0.368 e. The molecule has 0 bridgehead atoms. The molecule has 1 aromatic rings. The Morgan fingerprint density at radius 2 is 1.94 bits per heavy atom. The van der Waals surface area contributed by atoms with Crippen LogP contribution in [0.3, 0.4) is 0 Å². The van der Waals surface area contributed by atoms with E-state index in [-0.39, 0.29) is 0 Å². The van der Waals surface area contributed by atoms with Gasteiger partial charge in [-0.3, -0.25) is 4.79 Å². The van der Waals surface area contributed by atoms with Crippen LogP contribution in [0.4, 0.5) is 5.69 Å². The molecule has 0 unspecified atom stereocenters. The Hall–Kier alpha value is -0.830. The molecule has 0 N–H and O–H groups in total. The van der Waals surface area contributed by atoms with Crippen LogP contribution in [0.2, 0.25) is 0 Å². The molecule has 3 rings (SSSR count). The van der Waals surface area contributed by atoms with Crippen molar-refractivity contribution in [2.24, 2.45) is 0 Å². The van der Waals surface area contributed by atoms with Crippen LogP contribution in [0.15, 0.2) is 22.7 Å². The topological polar surface area (TPSA) is 20.3 Å². The standard InChI is InChI=1S/C15H18BrNO/c16-12-3-8-15-11(10-12)2-1-9-17(15)13-4-6-14(18)7-5-13/h3,8,10,13H,1-2,4-7,9H2. The second-order valence-electron chi connectivity index (χ2n) is 5.34. The van der Waals surface area contributed by atoms with Crippen LogP contribution in [0.1, 0.15) is 37.7 Å². The van der Waals surface area contributed by atoms with E-state index in [0.717, 1.165) is 32.2 Å². The fraction of sp³-hybridized carbons (Fsp3) is 0.533. The zero-order valence-electron chi connectivity index (χ0n) is 10.5. The van der Waals surface area contributed by atoms with Crippen molar-refractivity contribution < 1.29 is 4.79 Å². The molecule has 1 aromatic carbocycles. The Bertz CT molecular complexity index is 462. The van der Waals surface area contributed by atoms with Crippen molar-refractivity contribution in [1.29, 1.82) is 0 Å². The van der Waals surface area contributed by atoms with Gasteiger partial charge in [0.2, 0.25) is 0 Å². The number of ketones is 1. The SMILES string of the molecule is O=C1CCC(N2CCCc3cc(Br)ccc32)CC1. The predicted molar refractivity (Wildman–Crippen MR) is 77.1 cm³/mol. The highest BCUT2D eigenvalue weighted by Crippen LogP contribution is 2.34. The Kier molecular flexibility index (Phi) is 3.42. The molecule has 1 heterocycles. The number of hydrogen-bond donors (Lipinski definition) is 0. The van der Waals surface area contributed by atoms with Gasteiger partial charge in [0, 0.05) is 35.6 Å². The van der Waals surface area contributed by atoms with E-state index < -0.39 is 0 Å². The number of anilines is 1. The summed E-state index contributed by atoms with van der Waals surface area (Å²) in [5, 5.41) is 0. The summed E-state index contributed by atoms with van der Waals surface area (Å²) in [7, 11) is 0. The number of fused-ring (bicyclic) bond motifs is 1. The first-order valence-electron chi connectivity index (χ1n) is 6.81. The predicted octanol–water partition coefficient (Wildman–Crippen LogP) is 3.71. The van der Waals surface area contributed by atoms with Gasteiger partial charge in [-0.2, -0.15) is 0 Å². The van der Waals surface area contributed by atoms with Crippen molar-refractivity contribution in [2.75, 3.05) is 11.4 Å². The monoisotopic (exact) mass is 307 g/mol. The maximum atomic E-state index is 11.4. The Balaban J connectivity index is 1.85. The van der Waals surface area contributed by atoms with Gasteiger partial charge in [-0.05, 0) is 49.4 Å². The average molecular weight is 308 g/mol. The van der Waals surface area contributed by atoms with E-state index in [0.29, 0.717) is 11.8 Å². The molecule has 0 spiro atoms. The molecule has 0 aromatic heterocycles. The van der Waals surface area contributed by atoms with Gasteiger partial charge in [-0.25, -0.2) is 0 Å². The highest BCUT2D eigenvalue weighted by Gasteiger charge is 2.27. The number of benzene rings is 1. The number of nitrogens with zero attached hydrogens (tertiary/aromatic N) is 1. The van der Waals surface area contributed by atoms with Crippen LogP contribution < -0.4 is 4.90 Å². The molecule has 0 amide bonds. The van der Waals surface area contributed by atoms with Gasteiger partial charge in [0.15, 0.2) is 0 Å². The van der Waals surface area contributed by atoms with Crippen molar-refractivity contribution in [3.05, 3.63) is 28.2 Å². The molecule has 0 radical (unpaired) electrons. The van der Waals surface area contributed by atoms with E-state index in [1.54, 1.807) is 0 Å². The van der Waals surface area contributed by atoms with Crippen LogP contribution >= 0.6 is 15.9 Å². The first-order chi connectivity index (χ1) is 8.74. The van der Waals surface area contributed by atoms with Gasteiger partial charge < -0.3 is 4.90 Å². The van der Waals surface area contributed by atoms with Gasteiger partial charge in [-0.1, -0.05) is 15.9 Å². The summed E-state index contributed by atoms with van der Waals surface area (Å²) < 4.78 is 1.17. The summed E-state index contributed by atoms with van der Waals surface area (Å²) in [5.41, 5.74) is 2.84. The summed E-state index contributed by atoms with van der Waals surface area (Å²) >= 11 is 3.55. The third kappa shape index (κ3) is 2.33. The number of aryl methyl sites for hydroxylation is 1. The van der Waals surface area contributed by atoms with Crippen molar-refractivity contribution in [3.8, 4) is 0 Å². The van der Waals surface area contributed by atoms with Crippen LogP contribution in [0.25, 0.3) is 0 Å². The number of rotatable bonds is 1. The average Bonchev–Trinajstić information content (AvgIpc) is 2.38. The van der Waals surface area contributed by atoms with Crippen LogP contribution in [-0.4, -0.2) is 18.4 Å². The Morgan fingerprint density at radius 3 is 2.72 bits per heavy atom. The van der Waals surface area contributed by atoms with Gasteiger partial charge in [0.25, 0.3) is 0 Å². The highest BCUT2D eigenvalue weighted by atomic mass is 79.9. The number of Topliss-reactive ketones (excluding diaryl/α,β-unsaturated/α-hetero) is 1. The molecule has 3 heteroatoms. The van der Waals surface area contributed by atoms with Gasteiger partial charge in [0.1, 0.15) is 5.78 Å². The maximum Gasteiger partial charge on any atom is 0.133 e. The lowest BCUT2D eigenvalue weighted by molar-refractivity contribution is -0.120. The third-order valence-electron chi connectivity index (χ3n) is 4.15. The molecule has 1 aliphatic carbocycles. The summed E-state index contributed by atoms with van der Waals surface area (Å²) in [4.78, 5) is 13.9. The number of halogens is 1. The Morgan fingerprint density at radius 1 is 1.17 bits per heavy atom. The molecule has 1 aliphatic heterocycles. The van der Waals surface area contributed by atoms with Crippen molar-refractivity contribution in [1.82, 2.24) is 0 Å². The van der Waals surface area contributed by atoms with Gasteiger partial charge >= 0.3 is 0 Å². The molecule has 1 fully saturated rings. The second kappa shape index (κ2) is 5.04. The fourth-order valence-corrected chi connectivity index (χ4v) is 3.62. The van der Waals surface area contributed by atoms with Crippen LogP contribution in [0, 0.1) is 0 Å². The van der Waals surface area contributed by atoms with E-state index in [9.17, 15) is 4.79 Å². The zero-order chi connectivity index (χ0) is 12.5. The number of hydrogen-bond acceptors (Lipinski definition) is 2. The summed E-state index contributed by atoms with van der Waals surface area (Å²) in [5.74, 6) is 0.444. The summed E-state index contributed by atoms with van der Waals surface area (Å²) in [6, 6.07) is 7.18. The normalized spacial score (nSPS) is 20.9. The lowest BCUT2D eigenvalue weighted by atomic mass is 9.90. The molecular weight excluding hydrogens is 290 g/mol. The zero-order valence-corrected chi connectivity index (χ0v) is 12.1. The fourth-order valence-electron chi connectivity index (χ4n) is 3.21. The van der Waals surface area contributed by atoms with E-state index in [4.69, 9.17) is 0 Å². The van der Waals surface area contributed by atoms with Crippen molar-refractivity contribution in [2.45, 2.75) is 44.6 Å². The maximum absolute atomic E-state index is 11.4. The van der Waals surface area contributed by atoms with Crippen LogP contribution in [-0.2, 0) is 11.2 Å². The van der Waals surface area contributed by atoms with Crippen LogP contribution in [0.5, 0.6) is 0 Å². The minimum absolute atomic E-state index is 0.444. The lowest BCUT2D eigenvalue weighted by Crippen LogP contribution is -2.41. The molecule has 2 aliphatic rings. The van der Waals surface area contributed by atoms with Gasteiger partial charge in [-0.15, -0.1) is 0 Å². The van der Waals surface area contributed by atoms with E-state index in [2.05, 4.69) is 39.0 Å². The molecule has 18 heavy (non-hydrogen) atoms. The van der Waals surface area contributed by atoms with Gasteiger partial charge in [0.05, 0.1) is 0 Å².